The molecular formula is C24H17ClN2O3. The minimum Gasteiger partial charge on any atom is -0.440 e. The molecule has 0 spiro atoms. The Morgan fingerprint density at radius 2 is 1.90 bits per heavy atom. The molecule has 1 unspecified atom stereocenters. The van der Waals surface area contributed by atoms with Gasteiger partial charge in [-0.1, -0.05) is 53.6 Å². The van der Waals surface area contributed by atoms with Gasteiger partial charge in [-0.25, -0.2) is 4.79 Å². The van der Waals surface area contributed by atoms with E-state index in [1.807, 2.05) is 31.2 Å². The van der Waals surface area contributed by atoms with Crippen LogP contribution in [0.1, 0.15) is 33.0 Å². The molecule has 4 rings (SSSR count). The first kappa shape index (κ1) is 19.6. The van der Waals surface area contributed by atoms with Gasteiger partial charge in [0.1, 0.15) is 23.1 Å². The fraction of sp³-hybridized carbons (Fsp3) is 0.0833. The minimum absolute atomic E-state index is 0.0360. The zero-order valence-electron chi connectivity index (χ0n) is 16.1. The van der Waals surface area contributed by atoms with E-state index < -0.39 is 5.97 Å². The molecule has 0 radical (unpaired) electrons. The highest BCUT2D eigenvalue weighted by Crippen LogP contribution is 2.43. The predicted molar refractivity (Wildman–Crippen MR) is 113 cm³/mol. The zero-order valence-corrected chi connectivity index (χ0v) is 16.8. The van der Waals surface area contributed by atoms with Gasteiger partial charge in [-0.15, -0.1) is 0 Å². The molecule has 5 nitrogen and oxygen atoms in total. The van der Waals surface area contributed by atoms with Crippen molar-refractivity contribution in [1.82, 2.24) is 0 Å². The van der Waals surface area contributed by atoms with Crippen LogP contribution in [0.5, 0.6) is 11.5 Å². The van der Waals surface area contributed by atoms with Crippen molar-refractivity contribution in [2.24, 2.45) is 5.73 Å². The first-order valence-electron chi connectivity index (χ1n) is 9.22. The molecule has 1 atom stereocenters. The lowest BCUT2D eigenvalue weighted by Gasteiger charge is -2.26. The van der Waals surface area contributed by atoms with E-state index in [0.717, 1.165) is 16.7 Å². The number of hydrogen-bond acceptors (Lipinski definition) is 5. The smallest absolute Gasteiger partial charge is 0.343 e. The third-order valence-electron chi connectivity index (χ3n) is 4.87. The fourth-order valence-corrected chi connectivity index (χ4v) is 3.57. The highest BCUT2D eigenvalue weighted by Gasteiger charge is 2.31. The molecule has 0 fully saturated rings. The van der Waals surface area contributed by atoms with Gasteiger partial charge in [0.15, 0.2) is 0 Å². The quantitative estimate of drug-likeness (QED) is 0.475. The molecule has 0 saturated carbocycles. The normalized spacial score (nSPS) is 15.0. The summed E-state index contributed by atoms with van der Waals surface area (Å²) in [6.45, 7) is 2.00. The number of rotatable bonds is 3. The van der Waals surface area contributed by atoms with Crippen LogP contribution in [-0.2, 0) is 0 Å². The van der Waals surface area contributed by atoms with Gasteiger partial charge in [0.05, 0.1) is 11.5 Å². The standard InChI is InChI=1S/C24H17ClN2O3/c1-14-5-7-15(8-6-14)22-19-10-9-18(12-21(19)30-23(27)20(22)13-26)29-24(28)16-3-2-4-17(25)11-16/h2-12,22H,27H2,1H3. The number of fused-ring (bicyclic) bond motifs is 1. The molecule has 30 heavy (non-hydrogen) atoms. The summed E-state index contributed by atoms with van der Waals surface area (Å²) in [6, 6.07) is 21.6. The van der Waals surface area contributed by atoms with Crippen LogP contribution in [0, 0.1) is 18.3 Å². The summed E-state index contributed by atoms with van der Waals surface area (Å²) in [5.74, 6) is -0.126. The summed E-state index contributed by atoms with van der Waals surface area (Å²) in [5.41, 5.74) is 9.52. The Labute approximate surface area is 178 Å². The number of aryl methyl sites for hydroxylation is 1. The van der Waals surface area contributed by atoms with Gasteiger partial charge in [-0.2, -0.15) is 5.26 Å². The monoisotopic (exact) mass is 416 g/mol. The Morgan fingerprint density at radius 3 is 2.60 bits per heavy atom. The van der Waals surface area contributed by atoms with Gasteiger partial charge < -0.3 is 15.2 Å². The summed E-state index contributed by atoms with van der Waals surface area (Å²) in [5, 5.41) is 10.1. The van der Waals surface area contributed by atoms with Crippen LogP contribution < -0.4 is 15.2 Å². The second kappa shape index (κ2) is 7.94. The number of carbonyl (C=O) groups is 1. The first-order valence-corrected chi connectivity index (χ1v) is 9.60. The van der Waals surface area contributed by atoms with E-state index in [-0.39, 0.29) is 11.8 Å². The predicted octanol–water partition coefficient (Wildman–Crippen LogP) is 5.09. The summed E-state index contributed by atoms with van der Waals surface area (Å²) < 4.78 is 11.1. The van der Waals surface area contributed by atoms with Crippen LogP contribution in [0.4, 0.5) is 0 Å². The van der Waals surface area contributed by atoms with Gasteiger partial charge >= 0.3 is 5.97 Å². The van der Waals surface area contributed by atoms with E-state index in [2.05, 4.69) is 6.07 Å². The highest BCUT2D eigenvalue weighted by molar-refractivity contribution is 6.30. The maximum absolute atomic E-state index is 12.4. The molecule has 1 aliphatic rings. The molecule has 1 heterocycles. The topological polar surface area (TPSA) is 85.3 Å². The largest absolute Gasteiger partial charge is 0.440 e. The maximum atomic E-state index is 12.4. The number of esters is 1. The lowest BCUT2D eigenvalue weighted by Crippen LogP contribution is -2.21. The number of nitrogens with zero attached hydrogens (tertiary/aromatic N) is 1. The number of halogens is 1. The SMILES string of the molecule is Cc1ccc(C2C(C#N)=C(N)Oc3cc(OC(=O)c4cccc(Cl)c4)ccc32)cc1. The molecule has 0 amide bonds. The van der Waals surface area contributed by atoms with Crippen LogP contribution in [-0.4, -0.2) is 5.97 Å². The van der Waals surface area contributed by atoms with Crippen molar-refractivity contribution in [2.75, 3.05) is 0 Å². The third kappa shape index (κ3) is 3.73. The Hall–Kier alpha value is -3.75. The summed E-state index contributed by atoms with van der Waals surface area (Å²) >= 11 is 5.94. The zero-order chi connectivity index (χ0) is 21.3. The van der Waals surface area contributed by atoms with E-state index in [9.17, 15) is 10.1 Å². The third-order valence-corrected chi connectivity index (χ3v) is 5.11. The fourth-order valence-electron chi connectivity index (χ4n) is 3.38. The number of benzene rings is 3. The number of nitriles is 1. The number of ether oxygens (including phenoxy) is 2. The second-order valence-corrected chi connectivity index (χ2v) is 7.37. The molecule has 3 aromatic rings. The molecule has 2 N–H and O–H groups in total. The highest BCUT2D eigenvalue weighted by atomic mass is 35.5. The van der Waals surface area contributed by atoms with E-state index in [0.29, 0.717) is 27.7 Å². The number of carbonyl (C=O) groups excluding carboxylic acids is 1. The van der Waals surface area contributed by atoms with Gasteiger partial charge in [-0.3, -0.25) is 0 Å². The molecule has 0 bridgehead atoms. The van der Waals surface area contributed by atoms with Crippen molar-refractivity contribution in [3.8, 4) is 17.6 Å². The molecule has 6 heteroatoms. The van der Waals surface area contributed by atoms with Crippen molar-refractivity contribution < 1.29 is 14.3 Å². The van der Waals surface area contributed by atoms with Crippen molar-refractivity contribution >= 4 is 17.6 Å². The average molecular weight is 417 g/mol. The van der Waals surface area contributed by atoms with Crippen molar-refractivity contribution in [2.45, 2.75) is 12.8 Å². The van der Waals surface area contributed by atoms with E-state index in [1.54, 1.807) is 36.4 Å². The Bertz CT molecular complexity index is 1210. The average Bonchev–Trinajstić information content (AvgIpc) is 2.73. The molecule has 0 saturated heterocycles. The first-order chi connectivity index (χ1) is 14.5. The van der Waals surface area contributed by atoms with E-state index in [4.69, 9.17) is 26.8 Å². The number of hydrogen-bond donors (Lipinski definition) is 1. The molecular weight excluding hydrogens is 400 g/mol. The Morgan fingerprint density at radius 1 is 1.13 bits per heavy atom. The van der Waals surface area contributed by atoms with Crippen LogP contribution in [0.25, 0.3) is 0 Å². The second-order valence-electron chi connectivity index (χ2n) is 6.93. The number of nitrogens with two attached hydrogens (primary N) is 1. The van der Waals surface area contributed by atoms with Gasteiger partial charge in [-0.05, 0) is 36.8 Å². The minimum atomic E-state index is -0.537. The summed E-state index contributed by atoms with van der Waals surface area (Å²) in [4.78, 5) is 12.4. The Balaban J connectivity index is 1.69. The molecule has 0 aliphatic carbocycles. The summed E-state index contributed by atoms with van der Waals surface area (Å²) in [7, 11) is 0. The lowest BCUT2D eigenvalue weighted by atomic mass is 9.83. The molecule has 148 valence electrons. The van der Waals surface area contributed by atoms with Gasteiger partial charge in [0.2, 0.25) is 5.88 Å². The van der Waals surface area contributed by atoms with Gasteiger partial charge in [0.25, 0.3) is 0 Å². The summed E-state index contributed by atoms with van der Waals surface area (Å²) in [6.07, 6.45) is 0. The molecule has 0 aromatic heterocycles. The van der Waals surface area contributed by atoms with Crippen molar-refractivity contribution in [3.63, 3.8) is 0 Å². The van der Waals surface area contributed by atoms with Gasteiger partial charge in [0, 0.05) is 16.7 Å². The van der Waals surface area contributed by atoms with E-state index >= 15 is 0 Å². The van der Waals surface area contributed by atoms with Crippen LogP contribution in [0.3, 0.4) is 0 Å². The van der Waals surface area contributed by atoms with Crippen molar-refractivity contribution in [3.05, 3.63) is 105 Å². The number of allylic oxidation sites excluding steroid dienone is 1. The van der Waals surface area contributed by atoms with E-state index in [1.165, 1.54) is 6.07 Å². The van der Waals surface area contributed by atoms with Crippen LogP contribution in [0.15, 0.2) is 78.2 Å². The maximum Gasteiger partial charge on any atom is 0.343 e. The van der Waals surface area contributed by atoms with Crippen LogP contribution >= 0.6 is 11.6 Å². The Kier molecular flexibility index (Phi) is 5.18. The van der Waals surface area contributed by atoms with Crippen molar-refractivity contribution in [1.29, 1.82) is 5.26 Å². The van der Waals surface area contributed by atoms with Crippen LogP contribution in [0.2, 0.25) is 5.02 Å². The lowest BCUT2D eigenvalue weighted by molar-refractivity contribution is 0.0734. The molecule has 1 aliphatic heterocycles. The molecule has 3 aromatic carbocycles.